The Bertz CT molecular complexity index is 280. The Kier molecular flexibility index (Phi) is 2.83. The van der Waals surface area contributed by atoms with Gasteiger partial charge in [0.1, 0.15) is 0 Å². The van der Waals surface area contributed by atoms with Gasteiger partial charge in [-0.15, -0.1) is 11.3 Å². The molecular weight excluding hydrogens is 176 g/mol. The normalized spacial score (nSPS) is 12.8. The van der Waals surface area contributed by atoms with Gasteiger partial charge in [0.2, 0.25) is 0 Å². The van der Waals surface area contributed by atoms with Crippen molar-refractivity contribution in [3.8, 4) is 0 Å². The van der Waals surface area contributed by atoms with Crippen molar-refractivity contribution in [2.24, 2.45) is 0 Å². The van der Waals surface area contributed by atoms with Gasteiger partial charge in [-0.1, -0.05) is 0 Å². The van der Waals surface area contributed by atoms with Gasteiger partial charge in [0.25, 0.3) is 0 Å². The number of carboxylic acids is 1. The topological polar surface area (TPSA) is 57.5 Å². The molecule has 0 amide bonds. The van der Waals surface area contributed by atoms with Crippen LogP contribution in [0.4, 0.5) is 0 Å². The van der Waals surface area contributed by atoms with Crippen LogP contribution in [0.3, 0.4) is 0 Å². The van der Waals surface area contributed by atoms with Crippen molar-refractivity contribution in [1.82, 2.24) is 0 Å². The lowest BCUT2D eigenvalue weighted by Crippen LogP contribution is -2.21. The van der Waals surface area contributed by atoms with Gasteiger partial charge >= 0.3 is 5.97 Å². The van der Waals surface area contributed by atoms with Crippen LogP contribution < -0.4 is 0 Å². The number of aliphatic hydroxyl groups is 1. The highest BCUT2D eigenvalue weighted by Gasteiger charge is 2.15. The second kappa shape index (κ2) is 3.69. The van der Waals surface area contributed by atoms with Gasteiger partial charge in [-0.3, -0.25) is 0 Å². The van der Waals surface area contributed by atoms with E-state index in [4.69, 9.17) is 10.2 Å². The second-order valence-corrected chi connectivity index (χ2v) is 3.59. The minimum Gasteiger partial charge on any atom is -0.479 e. The van der Waals surface area contributed by atoms with E-state index in [0.717, 1.165) is 10.4 Å². The molecular formula is C8H10O3S. The van der Waals surface area contributed by atoms with Gasteiger partial charge in [0, 0.05) is 11.3 Å². The van der Waals surface area contributed by atoms with E-state index in [1.807, 2.05) is 18.4 Å². The van der Waals surface area contributed by atoms with Gasteiger partial charge in [-0.25, -0.2) is 4.79 Å². The van der Waals surface area contributed by atoms with Crippen LogP contribution >= 0.6 is 11.3 Å². The summed E-state index contributed by atoms with van der Waals surface area (Å²) in [5.74, 6) is -1.16. The number of rotatable bonds is 3. The first-order valence-corrected chi connectivity index (χ1v) is 4.43. The fourth-order valence-electron chi connectivity index (χ4n) is 0.876. The van der Waals surface area contributed by atoms with E-state index >= 15 is 0 Å². The van der Waals surface area contributed by atoms with Gasteiger partial charge in [-0.2, -0.15) is 0 Å². The molecule has 0 bridgehead atoms. The molecule has 0 spiro atoms. The molecule has 0 saturated heterocycles. The standard InChI is InChI=1S/C8H10O3S/c1-5-2-3-12-7(5)4-6(9)8(10)11/h2-3,6,9H,4H2,1H3,(H,10,11)/t6-/m0/s1. The highest BCUT2D eigenvalue weighted by Crippen LogP contribution is 2.17. The molecule has 0 aliphatic heterocycles. The van der Waals surface area contributed by atoms with Gasteiger partial charge < -0.3 is 10.2 Å². The maximum Gasteiger partial charge on any atom is 0.332 e. The SMILES string of the molecule is Cc1ccsc1C[C@H](O)C(=O)O. The lowest BCUT2D eigenvalue weighted by molar-refractivity contribution is -0.146. The minimum atomic E-state index is -1.28. The molecule has 4 heteroatoms. The Morgan fingerprint density at radius 3 is 2.83 bits per heavy atom. The van der Waals surface area contributed by atoms with Gasteiger partial charge in [0.05, 0.1) is 0 Å². The number of carboxylic acid groups (broad SMARTS) is 1. The lowest BCUT2D eigenvalue weighted by Gasteiger charge is -2.03. The van der Waals surface area contributed by atoms with Crippen LogP contribution in [0.1, 0.15) is 10.4 Å². The monoisotopic (exact) mass is 186 g/mol. The Labute approximate surface area is 74.3 Å². The van der Waals surface area contributed by atoms with Crippen molar-refractivity contribution in [3.05, 3.63) is 21.9 Å². The van der Waals surface area contributed by atoms with Crippen LogP contribution in [0.25, 0.3) is 0 Å². The molecule has 0 radical (unpaired) electrons. The lowest BCUT2D eigenvalue weighted by atomic mass is 10.2. The molecule has 0 aromatic carbocycles. The average Bonchev–Trinajstić information content (AvgIpc) is 2.36. The summed E-state index contributed by atoms with van der Waals surface area (Å²) < 4.78 is 0. The summed E-state index contributed by atoms with van der Waals surface area (Å²) in [5.41, 5.74) is 1.04. The highest BCUT2D eigenvalue weighted by molar-refractivity contribution is 7.10. The van der Waals surface area contributed by atoms with E-state index in [2.05, 4.69) is 0 Å². The summed E-state index contributed by atoms with van der Waals surface area (Å²) >= 11 is 1.47. The average molecular weight is 186 g/mol. The molecule has 0 aliphatic carbocycles. The molecule has 2 N–H and O–H groups in total. The predicted octanol–water partition coefficient (Wildman–Crippen LogP) is 1.04. The van der Waals surface area contributed by atoms with E-state index in [9.17, 15) is 4.79 Å². The van der Waals surface area contributed by atoms with Crippen LogP contribution in [0.15, 0.2) is 11.4 Å². The van der Waals surface area contributed by atoms with Crippen LogP contribution in [0, 0.1) is 6.92 Å². The minimum absolute atomic E-state index is 0.207. The van der Waals surface area contributed by atoms with Crippen molar-refractivity contribution in [3.63, 3.8) is 0 Å². The molecule has 1 atom stereocenters. The quantitative estimate of drug-likeness (QED) is 0.741. The molecule has 66 valence electrons. The zero-order valence-corrected chi connectivity index (χ0v) is 7.47. The summed E-state index contributed by atoms with van der Waals surface area (Å²) in [4.78, 5) is 11.2. The molecule has 0 aliphatic rings. The molecule has 1 heterocycles. The number of hydrogen-bond acceptors (Lipinski definition) is 3. The van der Waals surface area contributed by atoms with Crippen molar-refractivity contribution < 1.29 is 15.0 Å². The third-order valence-electron chi connectivity index (χ3n) is 1.63. The fraction of sp³-hybridized carbons (Fsp3) is 0.375. The highest BCUT2D eigenvalue weighted by atomic mass is 32.1. The second-order valence-electron chi connectivity index (χ2n) is 2.58. The van der Waals surface area contributed by atoms with E-state index in [-0.39, 0.29) is 6.42 Å². The molecule has 0 unspecified atom stereocenters. The van der Waals surface area contributed by atoms with E-state index in [1.54, 1.807) is 0 Å². The Balaban J connectivity index is 2.64. The maximum absolute atomic E-state index is 10.3. The summed E-state index contributed by atoms with van der Waals surface area (Å²) in [7, 11) is 0. The molecule has 0 saturated carbocycles. The Morgan fingerprint density at radius 2 is 2.42 bits per heavy atom. The number of aliphatic carboxylic acids is 1. The number of aryl methyl sites for hydroxylation is 1. The maximum atomic E-state index is 10.3. The largest absolute Gasteiger partial charge is 0.479 e. The van der Waals surface area contributed by atoms with Crippen molar-refractivity contribution >= 4 is 17.3 Å². The molecule has 1 aromatic heterocycles. The number of carbonyl (C=O) groups is 1. The van der Waals surface area contributed by atoms with Gasteiger partial charge in [-0.05, 0) is 23.9 Å². The third kappa shape index (κ3) is 2.06. The zero-order valence-electron chi connectivity index (χ0n) is 6.65. The van der Waals surface area contributed by atoms with Gasteiger partial charge in [0.15, 0.2) is 6.10 Å². The van der Waals surface area contributed by atoms with Crippen LogP contribution in [0.5, 0.6) is 0 Å². The zero-order chi connectivity index (χ0) is 9.14. The summed E-state index contributed by atoms with van der Waals surface area (Å²) in [6.45, 7) is 1.90. The first-order valence-electron chi connectivity index (χ1n) is 3.55. The fourth-order valence-corrected chi connectivity index (χ4v) is 1.82. The van der Waals surface area contributed by atoms with Crippen molar-refractivity contribution in [1.29, 1.82) is 0 Å². The number of aliphatic hydroxyl groups excluding tert-OH is 1. The smallest absolute Gasteiger partial charge is 0.332 e. The third-order valence-corrected chi connectivity index (χ3v) is 2.68. The molecule has 1 aromatic rings. The van der Waals surface area contributed by atoms with Crippen LogP contribution in [-0.2, 0) is 11.2 Å². The van der Waals surface area contributed by atoms with E-state index in [1.165, 1.54) is 11.3 Å². The molecule has 12 heavy (non-hydrogen) atoms. The van der Waals surface area contributed by atoms with Crippen molar-refractivity contribution in [2.75, 3.05) is 0 Å². The first kappa shape index (κ1) is 9.22. The summed E-state index contributed by atoms with van der Waals surface area (Å²) in [6.07, 6.45) is -1.07. The first-order chi connectivity index (χ1) is 5.61. The number of thiophene rings is 1. The van der Waals surface area contributed by atoms with Crippen LogP contribution in [0.2, 0.25) is 0 Å². The number of hydrogen-bond donors (Lipinski definition) is 2. The molecule has 0 fully saturated rings. The molecule has 1 rings (SSSR count). The Morgan fingerprint density at radius 1 is 1.75 bits per heavy atom. The predicted molar refractivity (Wildman–Crippen MR) is 46.4 cm³/mol. The van der Waals surface area contributed by atoms with Crippen LogP contribution in [-0.4, -0.2) is 22.3 Å². The van der Waals surface area contributed by atoms with E-state index in [0.29, 0.717) is 0 Å². The summed E-state index contributed by atoms with van der Waals surface area (Å²) in [6, 6.07) is 1.91. The van der Waals surface area contributed by atoms with E-state index < -0.39 is 12.1 Å². The summed E-state index contributed by atoms with van der Waals surface area (Å²) in [5, 5.41) is 19.3. The van der Waals surface area contributed by atoms with Crippen molar-refractivity contribution in [2.45, 2.75) is 19.4 Å². The molecule has 3 nitrogen and oxygen atoms in total. The Hall–Kier alpha value is -0.870.